The van der Waals surface area contributed by atoms with Crippen LogP contribution in [0.3, 0.4) is 0 Å². The molecule has 2 aromatic carbocycles. The fourth-order valence-electron chi connectivity index (χ4n) is 3.62. The Hall–Kier alpha value is -3.13. The van der Waals surface area contributed by atoms with Crippen LogP contribution in [0.25, 0.3) is 10.2 Å². The molecule has 0 radical (unpaired) electrons. The average molecular weight is 472 g/mol. The van der Waals surface area contributed by atoms with Gasteiger partial charge in [0, 0.05) is 0 Å². The highest BCUT2D eigenvalue weighted by Gasteiger charge is 2.28. The Balaban J connectivity index is 1.60. The number of fused-ring (bicyclic) bond motifs is 1. The molecule has 176 valence electrons. The van der Waals surface area contributed by atoms with Crippen LogP contribution < -0.4 is 9.61 Å². The molecule has 1 aromatic heterocycles. The van der Waals surface area contributed by atoms with Crippen LogP contribution >= 0.6 is 11.3 Å². The summed E-state index contributed by atoms with van der Waals surface area (Å²) >= 11 is 1.26. The normalized spacial score (nSPS) is 11.0. The lowest BCUT2D eigenvalue weighted by Crippen LogP contribution is -2.28. The van der Waals surface area contributed by atoms with Crippen LogP contribution in [-0.2, 0) is 38.4 Å². The smallest absolute Gasteiger partial charge is 0.320 e. The van der Waals surface area contributed by atoms with Crippen molar-refractivity contribution in [3.05, 3.63) is 63.3 Å². The zero-order valence-electron chi connectivity index (χ0n) is 19.2. The number of carbonyl (C=O) groups is 2. The molecule has 0 spiro atoms. The first-order valence-corrected chi connectivity index (χ1v) is 11.8. The van der Waals surface area contributed by atoms with Gasteiger partial charge in [0.25, 0.3) is 0 Å². The van der Waals surface area contributed by atoms with Crippen LogP contribution in [0.1, 0.15) is 30.9 Å². The summed E-state index contributed by atoms with van der Waals surface area (Å²) in [5.74, 6) is -1.63. The van der Waals surface area contributed by atoms with Crippen molar-refractivity contribution in [2.45, 2.75) is 39.2 Å². The summed E-state index contributed by atoms with van der Waals surface area (Å²) in [7, 11) is 2.48. The number of nitrogens with zero attached hydrogens (tertiary/aromatic N) is 1. The number of rotatable bonds is 11. The fraction of sp³-hybridized carbons (Fsp3) is 0.400. The summed E-state index contributed by atoms with van der Waals surface area (Å²) in [6.07, 6.45) is 3.48. The van der Waals surface area contributed by atoms with Gasteiger partial charge in [-0.3, -0.25) is 19.0 Å². The first-order chi connectivity index (χ1) is 16.0. The Bertz CT molecular complexity index is 1130. The van der Waals surface area contributed by atoms with E-state index in [1.807, 2.05) is 6.07 Å². The third-order valence-corrected chi connectivity index (χ3v) is 6.41. The van der Waals surface area contributed by atoms with E-state index in [0.717, 1.165) is 35.0 Å². The minimum absolute atomic E-state index is 0.00764. The van der Waals surface area contributed by atoms with E-state index in [4.69, 9.17) is 14.2 Å². The van der Waals surface area contributed by atoms with Gasteiger partial charge in [0.15, 0.2) is 5.92 Å². The number of unbranched alkanes of at least 4 members (excludes halogenated alkanes) is 1. The molecular formula is C25H29NO6S. The van der Waals surface area contributed by atoms with Gasteiger partial charge in [0.1, 0.15) is 12.4 Å². The maximum Gasteiger partial charge on any atom is 0.320 e. The zero-order valence-corrected chi connectivity index (χ0v) is 20.0. The highest BCUT2D eigenvalue weighted by atomic mass is 32.1. The molecule has 7 nitrogen and oxygen atoms in total. The van der Waals surface area contributed by atoms with Crippen molar-refractivity contribution < 1.29 is 23.8 Å². The molecule has 1 heterocycles. The molecule has 0 bridgehead atoms. The highest BCUT2D eigenvalue weighted by molar-refractivity contribution is 7.16. The number of aryl methyl sites for hydroxylation is 1. The number of methoxy groups -OCH3 is 2. The standard InChI is InChI=1S/C25H29NO6S/c1-4-5-6-17-9-12-21-22(16-17)33-25(29)26(21)13-14-32-19-10-7-18(8-11-19)15-20(23(27)30-2)24(28)31-3/h7-12,16,20H,4-6,13-15H2,1-3H3. The lowest BCUT2D eigenvalue weighted by molar-refractivity contribution is -0.158. The third kappa shape index (κ3) is 6.22. The van der Waals surface area contributed by atoms with E-state index in [2.05, 4.69) is 19.1 Å². The van der Waals surface area contributed by atoms with Crippen molar-refractivity contribution in [1.29, 1.82) is 0 Å². The molecule has 0 unspecified atom stereocenters. The van der Waals surface area contributed by atoms with Gasteiger partial charge >= 0.3 is 16.8 Å². The van der Waals surface area contributed by atoms with E-state index in [9.17, 15) is 14.4 Å². The summed E-state index contributed by atoms with van der Waals surface area (Å²) in [6, 6.07) is 13.4. The highest BCUT2D eigenvalue weighted by Crippen LogP contribution is 2.21. The van der Waals surface area contributed by atoms with Crippen molar-refractivity contribution in [3.8, 4) is 5.75 Å². The molecule has 0 aliphatic rings. The SMILES string of the molecule is CCCCc1ccc2c(c1)sc(=O)n2CCOc1ccc(CC(C(=O)OC)C(=O)OC)cc1. The van der Waals surface area contributed by atoms with E-state index < -0.39 is 17.9 Å². The summed E-state index contributed by atoms with van der Waals surface area (Å²) in [6.45, 7) is 2.96. The molecular weight excluding hydrogens is 442 g/mol. The molecule has 0 saturated heterocycles. The summed E-state index contributed by atoms with van der Waals surface area (Å²) in [5.41, 5.74) is 2.97. The molecule has 8 heteroatoms. The molecule has 0 N–H and O–H groups in total. The molecule has 33 heavy (non-hydrogen) atoms. The lowest BCUT2D eigenvalue weighted by atomic mass is 9.99. The Kier molecular flexibility index (Phi) is 8.65. The van der Waals surface area contributed by atoms with E-state index in [1.54, 1.807) is 28.8 Å². The predicted molar refractivity (Wildman–Crippen MR) is 128 cm³/mol. The third-order valence-electron chi connectivity index (χ3n) is 5.47. The minimum Gasteiger partial charge on any atom is -0.492 e. The van der Waals surface area contributed by atoms with Gasteiger partial charge in [-0.25, -0.2) is 0 Å². The van der Waals surface area contributed by atoms with Gasteiger partial charge < -0.3 is 14.2 Å². The molecule has 0 atom stereocenters. The van der Waals surface area contributed by atoms with E-state index in [0.29, 0.717) is 18.9 Å². The zero-order chi connectivity index (χ0) is 23.8. The Morgan fingerprint density at radius 3 is 2.30 bits per heavy atom. The number of esters is 2. The summed E-state index contributed by atoms with van der Waals surface area (Å²) in [5, 5.41) is 0. The van der Waals surface area contributed by atoms with Gasteiger partial charge in [-0.1, -0.05) is 42.9 Å². The van der Waals surface area contributed by atoms with Crippen molar-refractivity contribution in [1.82, 2.24) is 4.57 Å². The van der Waals surface area contributed by atoms with Crippen molar-refractivity contribution in [2.75, 3.05) is 20.8 Å². The van der Waals surface area contributed by atoms with Crippen molar-refractivity contribution in [3.63, 3.8) is 0 Å². The summed E-state index contributed by atoms with van der Waals surface area (Å²) in [4.78, 5) is 36.2. The molecule has 0 saturated carbocycles. The fourth-order valence-corrected chi connectivity index (χ4v) is 4.60. The number of hydrogen-bond acceptors (Lipinski definition) is 7. The monoisotopic (exact) mass is 471 g/mol. The van der Waals surface area contributed by atoms with Crippen LogP contribution in [-0.4, -0.2) is 37.3 Å². The van der Waals surface area contributed by atoms with Crippen LogP contribution in [0.15, 0.2) is 47.3 Å². The van der Waals surface area contributed by atoms with Gasteiger partial charge in [-0.05, 0) is 54.7 Å². The van der Waals surface area contributed by atoms with Crippen LogP contribution in [0.4, 0.5) is 0 Å². The number of ether oxygens (including phenoxy) is 3. The van der Waals surface area contributed by atoms with Crippen molar-refractivity contribution >= 4 is 33.5 Å². The van der Waals surface area contributed by atoms with E-state index in [-0.39, 0.29) is 11.3 Å². The Labute approximate surface area is 196 Å². The van der Waals surface area contributed by atoms with Gasteiger partial charge in [0.2, 0.25) is 0 Å². The molecule has 3 rings (SSSR count). The van der Waals surface area contributed by atoms with E-state index in [1.165, 1.54) is 31.1 Å². The average Bonchev–Trinajstić information content (AvgIpc) is 3.15. The van der Waals surface area contributed by atoms with E-state index >= 15 is 0 Å². The number of thiazole rings is 1. The van der Waals surface area contributed by atoms with Crippen LogP contribution in [0.2, 0.25) is 0 Å². The number of aromatic nitrogens is 1. The first kappa shape index (κ1) is 24.5. The van der Waals surface area contributed by atoms with Crippen molar-refractivity contribution in [2.24, 2.45) is 5.92 Å². The van der Waals surface area contributed by atoms with Gasteiger partial charge in [0.05, 0.1) is 31.0 Å². The quantitative estimate of drug-likeness (QED) is 0.311. The van der Waals surface area contributed by atoms with Gasteiger partial charge in [-0.2, -0.15) is 0 Å². The van der Waals surface area contributed by atoms with Crippen LogP contribution in [0, 0.1) is 5.92 Å². The Morgan fingerprint density at radius 1 is 1.00 bits per heavy atom. The minimum atomic E-state index is -1.01. The predicted octanol–water partition coefficient (Wildman–Crippen LogP) is 3.99. The second kappa shape index (κ2) is 11.7. The van der Waals surface area contributed by atoms with Crippen LogP contribution in [0.5, 0.6) is 5.75 Å². The molecule has 0 aliphatic heterocycles. The number of hydrogen-bond donors (Lipinski definition) is 0. The second-order valence-electron chi connectivity index (χ2n) is 7.72. The number of carbonyl (C=O) groups excluding carboxylic acids is 2. The molecule has 0 amide bonds. The largest absolute Gasteiger partial charge is 0.492 e. The Morgan fingerprint density at radius 2 is 1.67 bits per heavy atom. The maximum absolute atomic E-state index is 12.5. The molecule has 0 aliphatic carbocycles. The summed E-state index contributed by atoms with van der Waals surface area (Å²) < 4.78 is 18.0. The second-order valence-corrected chi connectivity index (χ2v) is 8.71. The van der Waals surface area contributed by atoms with Gasteiger partial charge in [-0.15, -0.1) is 0 Å². The lowest BCUT2D eigenvalue weighted by Gasteiger charge is -2.13. The molecule has 0 fully saturated rings. The number of benzene rings is 2. The molecule has 3 aromatic rings. The first-order valence-electron chi connectivity index (χ1n) is 11.0. The topological polar surface area (TPSA) is 83.8 Å². The maximum atomic E-state index is 12.5.